The average Bonchev–Trinajstić information content (AvgIpc) is 2.87. The van der Waals surface area contributed by atoms with E-state index in [0.717, 1.165) is 31.4 Å². The van der Waals surface area contributed by atoms with Gasteiger partial charge in [-0.3, -0.25) is 14.8 Å². The summed E-state index contributed by atoms with van der Waals surface area (Å²) in [6.07, 6.45) is 3.22. The summed E-state index contributed by atoms with van der Waals surface area (Å²) in [5, 5.41) is 8.78. The Balaban J connectivity index is 1.82. The standard InChI is InChI=1S/C17H22N2O4/c1-23-9-8-19-7-6-17(16(19)21)5-4-12-2-3-13(15(20)18-22)10-14(12)11-17/h2-3,10,22H,4-9,11H2,1H3,(H,18,20)/t17-/m1/s1. The van der Waals surface area contributed by atoms with Crippen molar-refractivity contribution in [2.75, 3.05) is 26.8 Å². The highest BCUT2D eigenvalue weighted by Gasteiger charge is 2.47. The van der Waals surface area contributed by atoms with Crippen molar-refractivity contribution in [3.8, 4) is 0 Å². The molecule has 23 heavy (non-hydrogen) atoms. The Morgan fingerprint density at radius 2 is 2.22 bits per heavy atom. The van der Waals surface area contributed by atoms with Crippen LogP contribution >= 0.6 is 0 Å². The van der Waals surface area contributed by atoms with E-state index in [9.17, 15) is 9.59 Å². The molecule has 1 heterocycles. The molecule has 1 aromatic rings. The number of aryl methyl sites for hydroxylation is 1. The van der Waals surface area contributed by atoms with Crippen LogP contribution in [0.15, 0.2) is 18.2 Å². The Morgan fingerprint density at radius 3 is 2.96 bits per heavy atom. The van der Waals surface area contributed by atoms with E-state index in [2.05, 4.69) is 0 Å². The number of hydrogen-bond acceptors (Lipinski definition) is 4. The maximum atomic E-state index is 12.8. The van der Waals surface area contributed by atoms with Crippen molar-refractivity contribution in [2.45, 2.75) is 25.7 Å². The quantitative estimate of drug-likeness (QED) is 0.645. The Morgan fingerprint density at radius 1 is 1.39 bits per heavy atom. The second-order valence-electron chi connectivity index (χ2n) is 6.42. The number of benzene rings is 1. The number of likely N-dealkylation sites (tertiary alicyclic amines) is 1. The number of nitrogens with one attached hydrogen (secondary N) is 1. The highest BCUT2D eigenvalue weighted by molar-refractivity contribution is 5.93. The van der Waals surface area contributed by atoms with E-state index >= 15 is 0 Å². The number of hydrogen-bond donors (Lipinski definition) is 2. The van der Waals surface area contributed by atoms with Crippen LogP contribution in [-0.4, -0.2) is 48.7 Å². The predicted octanol–water partition coefficient (Wildman–Crippen LogP) is 1.16. The molecule has 0 unspecified atom stereocenters. The van der Waals surface area contributed by atoms with Crippen LogP contribution in [-0.2, 0) is 22.4 Å². The number of nitrogens with zero attached hydrogens (tertiary/aromatic N) is 1. The molecule has 1 spiro atoms. The van der Waals surface area contributed by atoms with Gasteiger partial charge in [0, 0.05) is 25.8 Å². The fourth-order valence-corrected chi connectivity index (χ4v) is 3.77. The number of amides is 2. The lowest BCUT2D eigenvalue weighted by atomic mass is 9.70. The van der Waals surface area contributed by atoms with E-state index in [4.69, 9.17) is 9.94 Å². The van der Waals surface area contributed by atoms with Crippen LogP contribution in [0.25, 0.3) is 0 Å². The fourth-order valence-electron chi connectivity index (χ4n) is 3.77. The molecule has 2 N–H and O–H groups in total. The first-order chi connectivity index (χ1) is 11.1. The number of fused-ring (bicyclic) bond motifs is 1. The third kappa shape index (κ3) is 2.84. The molecule has 3 rings (SSSR count). The maximum absolute atomic E-state index is 12.8. The molecule has 6 heteroatoms. The van der Waals surface area contributed by atoms with Crippen molar-refractivity contribution in [3.63, 3.8) is 0 Å². The second-order valence-corrected chi connectivity index (χ2v) is 6.42. The van der Waals surface area contributed by atoms with Crippen LogP contribution < -0.4 is 5.48 Å². The van der Waals surface area contributed by atoms with Gasteiger partial charge in [-0.05, 0) is 48.9 Å². The molecule has 6 nitrogen and oxygen atoms in total. The number of ether oxygens (including phenoxy) is 1. The van der Waals surface area contributed by atoms with Gasteiger partial charge in [0.1, 0.15) is 0 Å². The summed E-state index contributed by atoms with van der Waals surface area (Å²) in [5.41, 5.74) is 3.97. The van der Waals surface area contributed by atoms with Gasteiger partial charge in [0.05, 0.1) is 12.0 Å². The monoisotopic (exact) mass is 318 g/mol. The second kappa shape index (κ2) is 6.29. The van der Waals surface area contributed by atoms with Crippen molar-refractivity contribution in [1.29, 1.82) is 0 Å². The van der Waals surface area contributed by atoms with E-state index in [1.807, 2.05) is 11.0 Å². The molecule has 1 aromatic carbocycles. The summed E-state index contributed by atoms with van der Waals surface area (Å²) in [4.78, 5) is 26.3. The molecule has 2 amide bonds. The first kappa shape index (κ1) is 16.0. The molecule has 0 radical (unpaired) electrons. The van der Waals surface area contributed by atoms with Gasteiger partial charge in [0.15, 0.2) is 0 Å². The Bertz CT molecular complexity index is 631. The zero-order chi connectivity index (χ0) is 16.4. The van der Waals surface area contributed by atoms with E-state index in [1.54, 1.807) is 24.7 Å². The van der Waals surface area contributed by atoms with Crippen molar-refractivity contribution in [2.24, 2.45) is 5.41 Å². The van der Waals surface area contributed by atoms with Gasteiger partial charge in [0.25, 0.3) is 5.91 Å². The van der Waals surface area contributed by atoms with Crippen molar-refractivity contribution >= 4 is 11.8 Å². The third-order valence-corrected chi connectivity index (χ3v) is 5.14. The number of carbonyl (C=O) groups excluding carboxylic acids is 2. The van der Waals surface area contributed by atoms with Gasteiger partial charge in [-0.2, -0.15) is 0 Å². The summed E-state index contributed by atoms with van der Waals surface area (Å²) in [5.74, 6) is -0.316. The number of methoxy groups -OCH3 is 1. The average molecular weight is 318 g/mol. The van der Waals surface area contributed by atoms with E-state index in [1.165, 1.54) is 5.56 Å². The molecule has 0 bridgehead atoms. The Labute approximate surface area is 135 Å². The normalized spacial score (nSPS) is 23.2. The molecule has 2 aliphatic rings. The van der Waals surface area contributed by atoms with Gasteiger partial charge < -0.3 is 9.64 Å². The molecule has 1 atom stereocenters. The highest BCUT2D eigenvalue weighted by Crippen LogP contribution is 2.43. The topological polar surface area (TPSA) is 78.9 Å². The number of rotatable bonds is 4. The number of carbonyl (C=O) groups is 2. The lowest BCUT2D eigenvalue weighted by molar-refractivity contribution is -0.137. The van der Waals surface area contributed by atoms with Crippen molar-refractivity contribution < 1.29 is 19.5 Å². The number of hydroxylamine groups is 1. The molecular weight excluding hydrogens is 296 g/mol. The lowest BCUT2D eigenvalue weighted by Gasteiger charge is -2.33. The minimum absolute atomic E-state index is 0.206. The SMILES string of the molecule is COCCN1CC[C@@]2(CCc3ccc(C(=O)NO)cc3C2)C1=O. The molecule has 1 saturated heterocycles. The van der Waals surface area contributed by atoms with E-state index in [0.29, 0.717) is 25.1 Å². The Kier molecular flexibility index (Phi) is 4.37. The molecule has 124 valence electrons. The zero-order valence-corrected chi connectivity index (χ0v) is 13.3. The fraction of sp³-hybridized carbons (Fsp3) is 0.529. The van der Waals surface area contributed by atoms with Gasteiger partial charge in [0.2, 0.25) is 5.91 Å². The van der Waals surface area contributed by atoms with Crippen LogP contribution in [0.2, 0.25) is 0 Å². The van der Waals surface area contributed by atoms with Crippen molar-refractivity contribution in [1.82, 2.24) is 10.4 Å². The minimum atomic E-state index is -0.521. The van der Waals surface area contributed by atoms with Gasteiger partial charge >= 0.3 is 0 Å². The van der Waals surface area contributed by atoms with Gasteiger partial charge in [-0.15, -0.1) is 0 Å². The predicted molar refractivity (Wildman–Crippen MR) is 83.2 cm³/mol. The van der Waals surface area contributed by atoms with E-state index in [-0.39, 0.29) is 11.3 Å². The first-order valence-electron chi connectivity index (χ1n) is 7.94. The Hall–Kier alpha value is -1.92. The van der Waals surface area contributed by atoms with Crippen LogP contribution in [0.4, 0.5) is 0 Å². The largest absolute Gasteiger partial charge is 0.383 e. The lowest BCUT2D eigenvalue weighted by Crippen LogP contribution is -2.39. The molecule has 1 aliphatic carbocycles. The third-order valence-electron chi connectivity index (χ3n) is 5.14. The first-order valence-corrected chi connectivity index (χ1v) is 7.94. The van der Waals surface area contributed by atoms with Gasteiger partial charge in [-0.25, -0.2) is 5.48 Å². The maximum Gasteiger partial charge on any atom is 0.274 e. The van der Waals surface area contributed by atoms with Crippen LogP contribution in [0.5, 0.6) is 0 Å². The molecule has 1 fully saturated rings. The summed E-state index contributed by atoms with van der Waals surface area (Å²) in [6.45, 7) is 1.96. The molecule has 0 aromatic heterocycles. The smallest absolute Gasteiger partial charge is 0.274 e. The van der Waals surface area contributed by atoms with Crippen LogP contribution in [0.3, 0.4) is 0 Å². The summed E-state index contributed by atoms with van der Waals surface area (Å²) in [7, 11) is 1.64. The minimum Gasteiger partial charge on any atom is -0.383 e. The van der Waals surface area contributed by atoms with Crippen molar-refractivity contribution in [3.05, 3.63) is 34.9 Å². The van der Waals surface area contributed by atoms with Crippen LogP contribution in [0.1, 0.15) is 34.3 Å². The van der Waals surface area contributed by atoms with Crippen LogP contribution in [0, 0.1) is 5.41 Å². The summed E-state index contributed by atoms with van der Waals surface area (Å²) < 4.78 is 5.08. The molecule has 0 saturated carbocycles. The summed E-state index contributed by atoms with van der Waals surface area (Å²) >= 11 is 0. The van der Waals surface area contributed by atoms with E-state index < -0.39 is 5.91 Å². The highest BCUT2D eigenvalue weighted by atomic mass is 16.5. The molecular formula is C17H22N2O4. The zero-order valence-electron chi connectivity index (χ0n) is 13.3. The van der Waals surface area contributed by atoms with Gasteiger partial charge in [-0.1, -0.05) is 6.07 Å². The molecule has 1 aliphatic heterocycles. The summed E-state index contributed by atoms with van der Waals surface area (Å²) in [6, 6.07) is 5.44.